The molecule has 0 aliphatic heterocycles. The second-order valence-corrected chi connectivity index (χ2v) is 6.11. The van der Waals surface area contributed by atoms with Gasteiger partial charge in [-0.15, -0.1) is 0 Å². The maximum atomic E-state index is 6.32. The van der Waals surface area contributed by atoms with Crippen LogP contribution in [-0.2, 0) is 5.41 Å². The van der Waals surface area contributed by atoms with Crippen molar-refractivity contribution < 1.29 is 0 Å². The summed E-state index contributed by atoms with van der Waals surface area (Å²) in [5.74, 6) is 0. The molecule has 2 rings (SSSR count). The van der Waals surface area contributed by atoms with Gasteiger partial charge in [-0.2, -0.15) is 0 Å². The van der Waals surface area contributed by atoms with Crippen LogP contribution >= 0.6 is 11.6 Å². The van der Waals surface area contributed by atoms with Gasteiger partial charge in [0.15, 0.2) is 0 Å². The van der Waals surface area contributed by atoms with E-state index in [-0.39, 0.29) is 5.41 Å². The predicted molar refractivity (Wildman–Crippen MR) is 79.7 cm³/mol. The second-order valence-electron chi connectivity index (χ2n) is 5.70. The van der Waals surface area contributed by atoms with Gasteiger partial charge in [0.05, 0.1) is 10.5 Å². The number of pyridine rings is 1. The fraction of sp³-hybridized carbons (Fsp3) is 0.400. The van der Waals surface area contributed by atoms with Crippen LogP contribution in [-0.4, -0.2) is 12.0 Å². The van der Waals surface area contributed by atoms with Crippen molar-refractivity contribution >= 4 is 28.2 Å². The van der Waals surface area contributed by atoms with Crippen LogP contribution in [0.15, 0.2) is 18.2 Å². The minimum absolute atomic E-state index is 0.00794. The lowest BCUT2D eigenvalue weighted by atomic mass is 9.90. The Kier molecular flexibility index (Phi) is 3.24. The molecule has 0 unspecified atom stereocenters. The van der Waals surface area contributed by atoms with Gasteiger partial charge in [0.25, 0.3) is 0 Å². The topological polar surface area (TPSA) is 24.9 Å². The van der Waals surface area contributed by atoms with E-state index in [9.17, 15) is 0 Å². The number of aryl methyl sites for hydroxylation is 1. The van der Waals surface area contributed by atoms with Crippen LogP contribution in [0.5, 0.6) is 0 Å². The van der Waals surface area contributed by atoms with E-state index in [0.29, 0.717) is 5.02 Å². The zero-order valence-electron chi connectivity index (χ0n) is 11.6. The van der Waals surface area contributed by atoms with E-state index in [4.69, 9.17) is 16.6 Å². The Morgan fingerprint density at radius 2 is 1.83 bits per heavy atom. The van der Waals surface area contributed by atoms with Crippen LogP contribution in [0.2, 0.25) is 5.02 Å². The number of hydrogen-bond donors (Lipinski definition) is 1. The highest BCUT2D eigenvalue weighted by atomic mass is 35.5. The number of fused-ring (bicyclic) bond motifs is 1. The normalized spacial score (nSPS) is 11.9. The molecule has 0 fully saturated rings. The molecule has 0 amide bonds. The maximum Gasteiger partial charge on any atom is 0.0912 e. The highest BCUT2D eigenvalue weighted by Crippen LogP contribution is 2.33. The van der Waals surface area contributed by atoms with E-state index >= 15 is 0 Å². The number of rotatable bonds is 1. The van der Waals surface area contributed by atoms with Crippen LogP contribution < -0.4 is 5.32 Å². The highest BCUT2D eigenvalue weighted by molar-refractivity contribution is 6.35. The van der Waals surface area contributed by atoms with Crippen LogP contribution in [0.25, 0.3) is 10.9 Å². The Hall–Kier alpha value is -1.28. The molecule has 0 aliphatic rings. The summed E-state index contributed by atoms with van der Waals surface area (Å²) in [6.07, 6.45) is 0. The first-order chi connectivity index (χ1) is 8.32. The SMILES string of the molecule is CNc1cc(C(C)(C)C)nc2c(Cl)cc(C)cc12. The Bertz CT molecular complexity index is 597. The van der Waals surface area contributed by atoms with Crippen LogP contribution in [0.1, 0.15) is 32.0 Å². The minimum Gasteiger partial charge on any atom is -0.388 e. The van der Waals surface area contributed by atoms with Crippen molar-refractivity contribution in [2.75, 3.05) is 12.4 Å². The van der Waals surface area contributed by atoms with Crippen molar-refractivity contribution in [2.45, 2.75) is 33.1 Å². The first-order valence-corrected chi connectivity index (χ1v) is 6.50. The fourth-order valence-corrected chi connectivity index (χ4v) is 2.33. The summed E-state index contributed by atoms with van der Waals surface area (Å²) in [6.45, 7) is 8.51. The largest absolute Gasteiger partial charge is 0.388 e. The summed E-state index contributed by atoms with van der Waals surface area (Å²) in [4.78, 5) is 4.72. The minimum atomic E-state index is 0.00794. The zero-order chi connectivity index (χ0) is 13.5. The summed E-state index contributed by atoms with van der Waals surface area (Å²) in [6, 6.07) is 6.19. The van der Waals surface area contributed by atoms with E-state index < -0.39 is 0 Å². The van der Waals surface area contributed by atoms with E-state index in [1.807, 2.05) is 20.0 Å². The molecule has 0 bridgehead atoms. The second kappa shape index (κ2) is 4.43. The summed E-state index contributed by atoms with van der Waals surface area (Å²) in [5.41, 5.74) is 4.16. The summed E-state index contributed by atoms with van der Waals surface area (Å²) >= 11 is 6.32. The molecule has 0 saturated carbocycles. The third-order valence-corrected chi connectivity index (χ3v) is 3.34. The van der Waals surface area contributed by atoms with Crippen molar-refractivity contribution in [3.63, 3.8) is 0 Å². The molecule has 0 aliphatic carbocycles. The Morgan fingerprint density at radius 1 is 1.17 bits per heavy atom. The van der Waals surface area contributed by atoms with Gasteiger partial charge < -0.3 is 5.32 Å². The van der Waals surface area contributed by atoms with Crippen molar-refractivity contribution in [3.05, 3.63) is 34.5 Å². The van der Waals surface area contributed by atoms with Crippen molar-refractivity contribution in [1.29, 1.82) is 0 Å². The third-order valence-electron chi connectivity index (χ3n) is 3.05. The standard InChI is InChI=1S/C15H19ClN2/c1-9-6-10-12(17-5)8-13(15(2,3)4)18-14(10)11(16)7-9/h6-8H,1-5H3,(H,17,18). The molecule has 2 aromatic rings. The molecule has 1 heterocycles. The number of hydrogen-bond acceptors (Lipinski definition) is 2. The Balaban J connectivity index is 2.84. The molecule has 1 N–H and O–H groups in total. The smallest absolute Gasteiger partial charge is 0.0912 e. The van der Waals surface area contributed by atoms with Crippen molar-refractivity contribution in [3.8, 4) is 0 Å². The van der Waals surface area contributed by atoms with Crippen LogP contribution in [0.3, 0.4) is 0 Å². The lowest BCUT2D eigenvalue weighted by Gasteiger charge is -2.20. The van der Waals surface area contributed by atoms with Gasteiger partial charge in [0, 0.05) is 29.2 Å². The highest BCUT2D eigenvalue weighted by Gasteiger charge is 2.18. The average Bonchev–Trinajstić information content (AvgIpc) is 2.26. The molecule has 1 aromatic carbocycles. The fourth-order valence-electron chi connectivity index (χ4n) is 2.01. The number of aromatic nitrogens is 1. The van der Waals surface area contributed by atoms with E-state index in [1.54, 1.807) is 0 Å². The van der Waals surface area contributed by atoms with Crippen LogP contribution in [0, 0.1) is 6.92 Å². The monoisotopic (exact) mass is 262 g/mol. The van der Waals surface area contributed by atoms with Gasteiger partial charge in [0.1, 0.15) is 0 Å². The van der Waals surface area contributed by atoms with E-state index in [2.05, 4.69) is 38.2 Å². The molecule has 0 atom stereocenters. The molecular weight excluding hydrogens is 244 g/mol. The number of halogens is 1. The quantitative estimate of drug-likeness (QED) is 0.816. The predicted octanol–water partition coefficient (Wildman–Crippen LogP) is 4.54. The number of benzene rings is 1. The summed E-state index contributed by atoms with van der Waals surface area (Å²) in [5, 5.41) is 5.03. The lowest BCUT2D eigenvalue weighted by Crippen LogP contribution is -2.14. The molecule has 2 nitrogen and oxygen atoms in total. The lowest BCUT2D eigenvalue weighted by molar-refractivity contribution is 0.572. The molecular formula is C15H19ClN2. The number of nitrogens with one attached hydrogen (secondary N) is 1. The van der Waals surface area contributed by atoms with Crippen molar-refractivity contribution in [2.24, 2.45) is 0 Å². The first kappa shape index (κ1) is 13.2. The van der Waals surface area contributed by atoms with E-state index in [1.165, 1.54) is 0 Å². The van der Waals surface area contributed by atoms with Gasteiger partial charge in [-0.25, -0.2) is 0 Å². The summed E-state index contributed by atoms with van der Waals surface area (Å²) < 4.78 is 0. The van der Waals surface area contributed by atoms with Gasteiger partial charge in [-0.1, -0.05) is 32.4 Å². The average molecular weight is 263 g/mol. The third kappa shape index (κ3) is 2.30. The molecule has 96 valence electrons. The molecule has 0 saturated heterocycles. The zero-order valence-corrected chi connectivity index (χ0v) is 12.3. The van der Waals surface area contributed by atoms with Crippen molar-refractivity contribution in [1.82, 2.24) is 4.98 Å². The van der Waals surface area contributed by atoms with Gasteiger partial charge in [0.2, 0.25) is 0 Å². The molecule has 1 aromatic heterocycles. The Morgan fingerprint density at radius 3 is 2.39 bits per heavy atom. The summed E-state index contributed by atoms with van der Waals surface area (Å²) in [7, 11) is 1.93. The van der Waals surface area contributed by atoms with Crippen LogP contribution in [0.4, 0.5) is 5.69 Å². The van der Waals surface area contributed by atoms with Gasteiger partial charge in [-0.05, 0) is 30.7 Å². The van der Waals surface area contributed by atoms with E-state index in [0.717, 1.165) is 27.8 Å². The molecule has 18 heavy (non-hydrogen) atoms. The molecule has 3 heteroatoms. The van der Waals surface area contributed by atoms with Gasteiger partial charge in [-0.3, -0.25) is 4.98 Å². The number of nitrogens with zero attached hydrogens (tertiary/aromatic N) is 1. The molecule has 0 radical (unpaired) electrons. The number of anilines is 1. The molecule has 0 spiro atoms. The van der Waals surface area contributed by atoms with Gasteiger partial charge >= 0.3 is 0 Å². The maximum absolute atomic E-state index is 6.32. The first-order valence-electron chi connectivity index (χ1n) is 6.12. The Labute approximate surface area is 113 Å².